The van der Waals surface area contributed by atoms with Gasteiger partial charge >= 0.3 is 0 Å². The third-order valence-corrected chi connectivity index (χ3v) is 4.25. The van der Waals surface area contributed by atoms with Crippen molar-refractivity contribution in [3.63, 3.8) is 0 Å². The molecule has 1 N–H and O–H groups in total. The highest BCUT2D eigenvalue weighted by Gasteiger charge is 2.27. The predicted octanol–water partition coefficient (Wildman–Crippen LogP) is 3.30. The van der Waals surface area contributed by atoms with Crippen molar-refractivity contribution in [2.75, 3.05) is 6.54 Å². The van der Waals surface area contributed by atoms with E-state index in [0.717, 1.165) is 18.5 Å². The lowest BCUT2D eigenvalue weighted by Crippen LogP contribution is -2.26. The number of fused-ring (bicyclic) bond motifs is 1. The van der Waals surface area contributed by atoms with Crippen LogP contribution in [0.5, 0.6) is 0 Å². The van der Waals surface area contributed by atoms with Crippen molar-refractivity contribution in [1.82, 2.24) is 14.9 Å². The van der Waals surface area contributed by atoms with Gasteiger partial charge in [0.15, 0.2) is 0 Å². The first-order valence-corrected chi connectivity index (χ1v) is 7.52. The Morgan fingerprint density at radius 2 is 2.11 bits per heavy atom. The third kappa shape index (κ3) is 2.27. The summed E-state index contributed by atoms with van der Waals surface area (Å²) in [5, 5.41) is 3.59. The maximum absolute atomic E-state index is 4.79. The Kier molecular flexibility index (Phi) is 3.56. The summed E-state index contributed by atoms with van der Waals surface area (Å²) < 4.78 is 2.49. The molecule has 0 amide bonds. The quantitative estimate of drug-likeness (QED) is 0.910. The Labute approximate surface area is 115 Å². The van der Waals surface area contributed by atoms with Crippen molar-refractivity contribution in [3.05, 3.63) is 30.1 Å². The Hall–Kier alpha value is -1.35. The first-order valence-electron chi connectivity index (χ1n) is 7.52. The van der Waals surface area contributed by atoms with Crippen molar-refractivity contribution in [3.8, 4) is 0 Å². The zero-order chi connectivity index (χ0) is 13.2. The number of hydrogen-bond donors (Lipinski definition) is 1. The topological polar surface area (TPSA) is 29.9 Å². The zero-order valence-electron chi connectivity index (χ0n) is 11.9. The summed E-state index contributed by atoms with van der Waals surface area (Å²) in [5.41, 5.74) is 2.45. The summed E-state index contributed by atoms with van der Waals surface area (Å²) in [6.45, 7) is 5.47. The maximum atomic E-state index is 4.79. The van der Waals surface area contributed by atoms with Gasteiger partial charge in [-0.1, -0.05) is 26.0 Å². The second-order valence-electron chi connectivity index (χ2n) is 5.46. The zero-order valence-corrected chi connectivity index (χ0v) is 11.9. The minimum atomic E-state index is 0.617. The van der Waals surface area contributed by atoms with Gasteiger partial charge in [-0.3, -0.25) is 0 Å². The van der Waals surface area contributed by atoms with Crippen molar-refractivity contribution >= 4 is 11.0 Å². The molecule has 1 heterocycles. The Morgan fingerprint density at radius 3 is 2.89 bits per heavy atom. The SMILES string of the molecule is CCNC1CCC(n2c(CC)nc3ccccc32)C1. The number of hydrogen-bond acceptors (Lipinski definition) is 2. The highest BCUT2D eigenvalue weighted by molar-refractivity contribution is 5.76. The molecule has 2 atom stereocenters. The summed E-state index contributed by atoms with van der Waals surface area (Å²) in [5.74, 6) is 1.24. The van der Waals surface area contributed by atoms with E-state index >= 15 is 0 Å². The summed E-state index contributed by atoms with van der Waals surface area (Å²) >= 11 is 0. The van der Waals surface area contributed by atoms with Crippen LogP contribution in [0.15, 0.2) is 24.3 Å². The number of imidazole rings is 1. The van der Waals surface area contributed by atoms with Gasteiger partial charge in [-0.05, 0) is 37.9 Å². The average Bonchev–Trinajstić information content (AvgIpc) is 3.02. The lowest BCUT2D eigenvalue weighted by atomic mass is 10.2. The molecule has 1 fully saturated rings. The number of nitrogens with zero attached hydrogens (tertiary/aromatic N) is 2. The van der Waals surface area contributed by atoms with E-state index in [1.54, 1.807) is 0 Å². The lowest BCUT2D eigenvalue weighted by molar-refractivity contribution is 0.478. The van der Waals surface area contributed by atoms with Crippen LogP contribution >= 0.6 is 0 Å². The minimum absolute atomic E-state index is 0.617. The summed E-state index contributed by atoms with van der Waals surface area (Å²) in [6, 6.07) is 9.84. The predicted molar refractivity (Wildman–Crippen MR) is 79.5 cm³/mol. The van der Waals surface area contributed by atoms with E-state index in [1.807, 2.05) is 0 Å². The molecule has 19 heavy (non-hydrogen) atoms. The van der Waals surface area contributed by atoms with E-state index in [-0.39, 0.29) is 0 Å². The second-order valence-corrected chi connectivity index (χ2v) is 5.46. The van der Waals surface area contributed by atoms with Crippen LogP contribution in [0.1, 0.15) is 45.0 Å². The first kappa shape index (κ1) is 12.7. The van der Waals surface area contributed by atoms with Crippen molar-refractivity contribution in [2.24, 2.45) is 0 Å². The van der Waals surface area contributed by atoms with Gasteiger partial charge in [0, 0.05) is 18.5 Å². The summed E-state index contributed by atoms with van der Waals surface area (Å²) in [6.07, 6.45) is 4.80. The fraction of sp³-hybridized carbons (Fsp3) is 0.562. The molecule has 3 rings (SSSR count). The van der Waals surface area contributed by atoms with E-state index in [9.17, 15) is 0 Å². The van der Waals surface area contributed by atoms with Crippen LogP contribution in [0.25, 0.3) is 11.0 Å². The summed E-state index contributed by atoms with van der Waals surface area (Å²) in [7, 11) is 0. The van der Waals surface area contributed by atoms with E-state index in [0.29, 0.717) is 12.1 Å². The second kappa shape index (κ2) is 5.33. The highest BCUT2D eigenvalue weighted by atomic mass is 15.1. The van der Waals surface area contributed by atoms with E-state index in [4.69, 9.17) is 4.98 Å². The van der Waals surface area contributed by atoms with Crippen molar-refractivity contribution in [2.45, 2.75) is 51.6 Å². The molecule has 1 saturated carbocycles. The first-order chi connectivity index (χ1) is 9.33. The molecule has 2 unspecified atom stereocenters. The molecule has 1 aromatic heterocycles. The Bertz CT molecular complexity index is 558. The van der Waals surface area contributed by atoms with E-state index in [1.165, 1.54) is 30.6 Å². The lowest BCUT2D eigenvalue weighted by Gasteiger charge is -2.17. The normalized spacial score (nSPS) is 23.3. The minimum Gasteiger partial charge on any atom is -0.325 e. The van der Waals surface area contributed by atoms with Crippen molar-refractivity contribution < 1.29 is 0 Å². The monoisotopic (exact) mass is 257 g/mol. The molecule has 2 aromatic rings. The van der Waals surface area contributed by atoms with E-state index < -0.39 is 0 Å². The largest absolute Gasteiger partial charge is 0.325 e. The van der Waals surface area contributed by atoms with Crippen LogP contribution in [-0.2, 0) is 6.42 Å². The fourth-order valence-corrected chi connectivity index (χ4v) is 3.42. The van der Waals surface area contributed by atoms with Gasteiger partial charge in [0.1, 0.15) is 5.82 Å². The maximum Gasteiger partial charge on any atom is 0.109 e. The highest BCUT2D eigenvalue weighted by Crippen LogP contribution is 2.34. The van der Waals surface area contributed by atoms with Crippen LogP contribution in [0.2, 0.25) is 0 Å². The van der Waals surface area contributed by atoms with Gasteiger partial charge < -0.3 is 9.88 Å². The molecule has 1 aliphatic carbocycles. The third-order valence-electron chi connectivity index (χ3n) is 4.25. The molecule has 0 radical (unpaired) electrons. The molecule has 0 spiro atoms. The van der Waals surface area contributed by atoms with Crippen molar-refractivity contribution in [1.29, 1.82) is 0 Å². The van der Waals surface area contributed by atoms with Gasteiger partial charge in [-0.15, -0.1) is 0 Å². The number of para-hydroxylation sites is 2. The molecule has 1 aliphatic rings. The fourth-order valence-electron chi connectivity index (χ4n) is 3.42. The Balaban J connectivity index is 1.95. The van der Waals surface area contributed by atoms with E-state index in [2.05, 4.69) is 48.0 Å². The van der Waals surface area contributed by atoms with Gasteiger partial charge in [0.2, 0.25) is 0 Å². The molecular formula is C16H23N3. The molecule has 0 bridgehead atoms. The number of nitrogens with one attached hydrogen (secondary N) is 1. The number of aryl methyl sites for hydroxylation is 1. The standard InChI is InChI=1S/C16H23N3/c1-3-16-18-14-7-5-6-8-15(14)19(16)13-10-9-12(11-13)17-4-2/h5-8,12-13,17H,3-4,9-11H2,1-2H3. The van der Waals surface area contributed by atoms with Gasteiger partial charge in [0.05, 0.1) is 11.0 Å². The van der Waals surface area contributed by atoms with Crippen LogP contribution in [0.3, 0.4) is 0 Å². The molecule has 102 valence electrons. The molecule has 3 nitrogen and oxygen atoms in total. The number of benzene rings is 1. The summed E-state index contributed by atoms with van der Waals surface area (Å²) in [4.78, 5) is 4.79. The molecular weight excluding hydrogens is 234 g/mol. The number of aromatic nitrogens is 2. The van der Waals surface area contributed by atoms with Gasteiger partial charge in [0.25, 0.3) is 0 Å². The molecule has 0 aliphatic heterocycles. The molecule has 1 aromatic carbocycles. The average molecular weight is 257 g/mol. The van der Waals surface area contributed by atoms with Crippen LogP contribution in [0.4, 0.5) is 0 Å². The van der Waals surface area contributed by atoms with Gasteiger partial charge in [-0.2, -0.15) is 0 Å². The number of rotatable bonds is 4. The molecule has 0 saturated heterocycles. The molecule has 3 heteroatoms. The van der Waals surface area contributed by atoms with Gasteiger partial charge in [-0.25, -0.2) is 4.98 Å². The Morgan fingerprint density at radius 1 is 1.26 bits per heavy atom. The van der Waals surface area contributed by atoms with Crippen LogP contribution in [-0.4, -0.2) is 22.1 Å². The smallest absolute Gasteiger partial charge is 0.109 e. The van der Waals surface area contributed by atoms with Crippen LogP contribution in [0, 0.1) is 0 Å². The van der Waals surface area contributed by atoms with Crippen LogP contribution < -0.4 is 5.32 Å².